The molecule has 7 heteroatoms. The molecule has 0 saturated heterocycles. The molecule has 3 aromatic rings. The molecule has 0 spiro atoms. The number of hydrogen-bond acceptors (Lipinski definition) is 7. The zero-order valence-electron chi connectivity index (χ0n) is 22.0. The highest BCUT2D eigenvalue weighted by Crippen LogP contribution is 2.45. The maximum atomic E-state index is 13.8. The van der Waals surface area contributed by atoms with E-state index in [9.17, 15) is 9.59 Å². The topological polar surface area (TPSA) is 85.9 Å². The lowest BCUT2D eigenvalue weighted by molar-refractivity contribution is -0.132. The second kappa shape index (κ2) is 10.6. The second-order valence-electron chi connectivity index (χ2n) is 9.91. The van der Waals surface area contributed by atoms with Gasteiger partial charge in [0.2, 0.25) is 0 Å². The van der Waals surface area contributed by atoms with E-state index in [-0.39, 0.29) is 17.8 Å². The Kier molecular flexibility index (Phi) is 7.09. The molecule has 2 atom stereocenters. The first kappa shape index (κ1) is 25.4. The lowest BCUT2D eigenvalue weighted by Gasteiger charge is -2.30. The predicted octanol–water partition coefficient (Wildman–Crippen LogP) is 6.39. The minimum atomic E-state index is -0.427. The summed E-state index contributed by atoms with van der Waals surface area (Å²) in [4.78, 5) is 25.4. The summed E-state index contributed by atoms with van der Waals surface area (Å²) in [6.07, 6.45) is 1.20. The van der Waals surface area contributed by atoms with Crippen molar-refractivity contribution >= 4 is 23.1 Å². The number of carbonyl (C=O) groups excluding carboxylic acids is 2. The summed E-state index contributed by atoms with van der Waals surface area (Å²) < 4.78 is 16.6. The third-order valence-corrected chi connectivity index (χ3v) is 6.81. The van der Waals surface area contributed by atoms with E-state index < -0.39 is 12.0 Å². The number of methoxy groups -OCH3 is 1. The minimum absolute atomic E-state index is 0.0497. The standard InChI is InChI=1S/C31H32N2O5/c1-18(2)37-23-12-9-20(10-13-23)22-15-26-30(27(35)16-22)31(33-25-8-6-5-7-24(25)32-26)21-11-14-28(38-19(3)34)29(17-21)36-4/h5-14,17-18,22,31-33H,15-16H2,1-4H3. The number of anilines is 2. The van der Waals surface area contributed by atoms with Crippen molar-refractivity contribution in [1.82, 2.24) is 0 Å². The Morgan fingerprint density at radius 3 is 2.32 bits per heavy atom. The lowest BCUT2D eigenvalue weighted by atomic mass is 9.78. The quantitative estimate of drug-likeness (QED) is 0.292. The molecular formula is C31H32N2O5. The normalized spacial score (nSPS) is 18.5. The summed E-state index contributed by atoms with van der Waals surface area (Å²) in [7, 11) is 1.53. The molecule has 2 unspecified atom stereocenters. The molecule has 0 saturated carbocycles. The number of carbonyl (C=O) groups is 2. The van der Waals surface area contributed by atoms with Gasteiger partial charge in [0.05, 0.1) is 30.6 Å². The van der Waals surface area contributed by atoms with Gasteiger partial charge in [0, 0.05) is 24.6 Å². The predicted molar refractivity (Wildman–Crippen MR) is 147 cm³/mol. The van der Waals surface area contributed by atoms with Crippen molar-refractivity contribution in [2.24, 2.45) is 0 Å². The molecule has 5 rings (SSSR count). The van der Waals surface area contributed by atoms with Gasteiger partial charge in [-0.3, -0.25) is 9.59 Å². The van der Waals surface area contributed by atoms with E-state index in [0.717, 1.165) is 33.9 Å². The molecule has 2 aliphatic rings. The fourth-order valence-corrected chi connectivity index (χ4v) is 5.17. The van der Waals surface area contributed by atoms with Crippen LogP contribution >= 0.6 is 0 Å². The molecule has 0 fully saturated rings. The average molecular weight is 513 g/mol. The van der Waals surface area contributed by atoms with Crippen LogP contribution in [0, 0.1) is 0 Å². The van der Waals surface area contributed by atoms with Crippen molar-refractivity contribution in [2.75, 3.05) is 17.7 Å². The smallest absolute Gasteiger partial charge is 0.308 e. The average Bonchev–Trinajstić information content (AvgIpc) is 3.05. The van der Waals surface area contributed by atoms with Crippen molar-refractivity contribution in [2.45, 2.75) is 51.7 Å². The van der Waals surface area contributed by atoms with E-state index in [1.165, 1.54) is 14.0 Å². The molecule has 0 bridgehead atoms. The zero-order valence-corrected chi connectivity index (χ0v) is 22.0. The Morgan fingerprint density at radius 2 is 1.63 bits per heavy atom. The molecule has 7 nitrogen and oxygen atoms in total. The summed E-state index contributed by atoms with van der Waals surface area (Å²) >= 11 is 0. The second-order valence-corrected chi connectivity index (χ2v) is 9.91. The van der Waals surface area contributed by atoms with E-state index in [1.54, 1.807) is 6.07 Å². The number of hydrogen-bond donors (Lipinski definition) is 2. The van der Waals surface area contributed by atoms with Crippen LogP contribution in [0.25, 0.3) is 0 Å². The monoisotopic (exact) mass is 512 g/mol. The van der Waals surface area contributed by atoms with Crippen molar-refractivity contribution in [1.29, 1.82) is 0 Å². The SMILES string of the molecule is COc1cc(C2Nc3ccccc3NC3=C2C(=O)CC(c2ccc(OC(C)C)cc2)C3)ccc1OC(C)=O. The molecule has 2 N–H and O–H groups in total. The van der Waals surface area contributed by atoms with Gasteiger partial charge in [-0.15, -0.1) is 0 Å². The number of nitrogens with one attached hydrogen (secondary N) is 2. The van der Waals surface area contributed by atoms with Crippen LogP contribution in [-0.2, 0) is 9.59 Å². The van der Waals surface area contributed by atoms with Crippen LogP contribution in [0.1, 0.15) is 56.7 Å². The van der Waals surface area contributed by atoms with E-state index in [2.05, 4.69) is 22.8 Å². The van der Waals surface area contributed by atoms with Crippen molar-refractivity contribution in [3.05, 3.63) is 89.1 Å². The van der Waals surface area contributed by atoms with E-state index >= 15 is 0 Å². The van der Waals surface area contributed by atoms with E-state index in [0.29, 0.717) is 29.9 Å². The summed E-state index contributed by atoms with van der Waals surface area (Å²) in [5, 5.41) is 7.14. The van der Waals surface area contributed by atoms with Crippen LogP contribution in [0.3, 0.4) is 0 Å². The number of rotatable bonds is 6. The zero-order chi connectivity index (χ0) is 26.8. The van der Waals surface area contributed by atoms with Crippen LogP contribution < -0.4 is 24.8 Å². The molecule has 0 amide bonds. The molecule has 0 aromatic heterocycles. The van der Waals surface area contributed by atoms with Gasteiger partial charge in [-0.1, -0.05) is 30.3 Å². The molecular weight excluding hydrogens is 480 g/mol. The highest BCUT2D eigenvalue weighted by Gasteiger charge is 2.36. The number of ketones is 1. The number of para-hydroxylation sites is 2. The van der Waals surface area contributed by atoms with Gasteiger partial charge < -0.3 is 24.8 Å². The Bertz CT molecular complexity index is 1390. The van der Waals surface area contributed by atoms with Crippen molar-refractivity contribution in [3.8, 4) is 17.2 Å². The van der Waals surface area contributed by atoms with Crippen LogP contribution in [0.2, 0.25) is 0 Å². The first-order valence-corrected chi connectivity index (χ1v) is 12.8. The van der Waals surface area contributed by atoms with Crippen molar-refractivity contribution < 1.29 is 23.8 Å². The van der Waals surface area contributed by atoms with Gasteiger partial charge in [0.15, 0.2) is 17.3 Å². The van der Waals surface area contributed by atoms with Crippen LogP contribution in [0.15, 0.2) is 78.0 Å². The summed E-state index contributed by atoms with van der Waals surface area (Å²) in [5.74, 6) is 1.29. The lowest BCUT2D eigenvalue weighted by Crippen LogP contribution is -2.27. The molecule has 1 aliphatic carbocycles. The van der Waals surface area contributed by atoms with Gasteiger partial charge >= 0.3 is 5.97 Å². The van der Waals surface area contributed by atoms with Crippen LogP contribution in [-0.4, -0.2) is 25.0 Å². The fourth-order valence-electron chi connectivity index (χ4n) is 5.17. The van der Waals surface area contributed by atoms with Gasteiger partial charge in [0.1, 0.15) is 5.75 Å². The maximum Gasteiger partial charge on any atom is 0.308 e. The van der Waals surface area contributed by atoms with Gasteiger partial charge in [0.25, 0.3) is 0 Å². The Labute approximate surface area is 222 Å². The van der Waals surface area contributed by atoms with Gasteiger partial charge in [-0.05, 0) is 73.7 Å². The fraction of sp³-hybridized carbons (Fsp3) is 0.290. The maximum absolute atomic E-state index is 13.8. The molecule has 3 aromatic carbocycles. The van der Waals surface area contributed by atoms with Gasteiger partial charge in [-0.25, -0.2) is 0 Å². The number of Topliss-reactive ketones (excluding diaryl/α,β-unsaturated/α-hetero) is 1. The molecule has 1 heterocycles. The van der Waals surface area contributed by atoms with E-state index in [1.807, 2.05) is 62.4 Å². The first-order chi connectivity index (χ1) is 18.3. The molecule has 0 radical (unpaired) electrons. The van der Waals surface area contributed by atoms with Gasteiger partial charge in [-0.2, -0.15) is 0 Å². The number of allylic oxidation sites excluding steroid dienone is 1. The number of esters is 1. The summed E-state index contributed by atoms with van der Waals surface area (Å²) in [6.45, 7) is 5.35. The molecule has 1 aliphatic heterocycles. The summed E-state index contributed by atoms with van der Waals surface area (Å²) in [6, 6.07) is 21.0. The number of fused-ring (bicyclic) bond motifs is 1. The largest absolute Gasteiger partial charge is 0.493 e. The van der Waals surface area contributed by atoms with Crippen LogP contribution in [0.5, 0.6) is 17.2 Å². The third kappa shape index (κ3) is 5.23. The summed E-state index contributed by atoms with van der Waals surface area (Å²) in [5.41, 5.74) is 5.37. The van der Waals surface area contributed by atoms with Crippen LogP contribution in [0.4, 0.5) is 11.4 Å². The third-order valence-electron chi connectivity index (χ3n) is 6.81. The Hall–Kier alpha value is -4.26. The molecule has 196 valence electrons. The first-order valence-electron chi connectivity index (χ1n) is 12.8. The Morgan fingerprint density at radius 1 is 0.921 bits per heavy atom. The Balaban J connectivity index is 1.53. The number of benzene rings is 3. The minimum Gasteiger partial charge on any atom is -0.493 e. The number of ether oxygens (including phenoxy) is 3. The van der Waals surface area contributed by atoms with E-state index in [4.69, 9.17) is 14.2 Å². The highest BCUT2D eigenvalue weighted by molar-refractivity contribution is 6.01. The molecule has 38 heavy (non-hydrogen) atoms. The highest BCUT2D eigenvalue weighted by atomic mass is 16.6. The van der Waals surface area contributed by atoms with Crippen molar-refractivity contribution in [3.63, 3.8) is 0 Å².